The van der Waals surface area contributed by atoms with Crippen LogP contribution in [0.4, 0.5) is 5.69 Å². The van der Waals surface area contributed by atoms with E-state index in [0.29, 0.717) is 5.56 Å². The zero-order valence-corrected chi connectivity index (χ0v) is 14.5. The standard InChI is InChI=1S/C20H15BrN2O/c21-18-4-1-15(2-5-18)20(24)23-12-9-17-13-16(3-6-19(17)23)14-7-10-22-11-8-14/h1-8,10-11,13H,9,12H2. The van der Waals surface area contributed by atoms with Gasteiger partial charge in [0.1, 0.15) is 0 Å². The maximum absolute atomic E-state index is 12.8. The highest BCUT2D eigenvalue weighted by molar-refractivity contribution is 9.10. The van der Waals surface area contributed by atoms with E-state index in [1.807, 2.05) is 41.3 Å². The second-order valence-electron chi connectivity index (χ2n) is 5.79. The summed E-state index contributed by atoms with van der Waals surface area (Å²) in [6.07, 6.45) is 4.48. The van der Waals surface area contributed by atoms with Gasteiger partial charge in [-0.1, -0.05) is 22.0 Å². The molecule has 118 valence electrons. The Morgan fingerprint density at radius 3 is 2.46 bits per heavy atom. The molecule has 0 radical (unpaired) electrons. The monoisotopic (exact) mass is 378 g/mol. The fraction of sp³-hybridized carbons (Fsp3) is 0.100. The van der Waals surface area contributed by atoms with E-state index < -0.39 is 0 Å². The van der Waals surface area contributed by atoms with Crippen molar-refractivity contribution < 1.29 is 4.79 Å². The smallest absolute Gasteiger partial charge is 0.258 e. The molecule has 0 aliphatic carbocycles. The third kappa shape index (κ3) is 2.74. The molecule has 2 aromatic carbocycles. The first-order valence-corrected chi connectivity index (χ1v) is 8.62. The second-order valence-corrected chi connectivity index (χ2v) is 6.71. The third-order valence-corrected chi connectivity index (χ3v) is 4.85. The molecule has 2 heterocycles. The Kier molecular flexibility index (Phi) is 3.90. The highest BCUT2D eigenvalue weighted by Gasteiger charge is 2.25. The lowest BCUT2D eigenvalue weighted by molar-refractivity contribution is 0.0989. The topological polar surface area (TPSA) is 33.2 Å². The summed E-state index contributed by atoms with van der Waals surface area (Å²) in [4.78, 5) is 18.7. The minimum absolute atomic E-state index is 0.0536. The first-order chi connectivity index (χ1) is 11.7. The lowest BCUT2D eigenvalue weighted by Crippen LogP contribution is -2.28. The lowest BCUT2D eigenvalue weighted by atomic mass is 10.0. The Hall–Kier alpha value is -2.46. The van der Waals surface area contributed by atoms with Gasteiger partial charge in [0.2, 0.25) is 0 Å². The number of carbonyl (C=O) groups excluding carboxylic acids is 1. The van der Waals surface area contributed by atoms with Gasteiger partial charge in [0.05, 0.1) is 0 Å². The molecule has 1 aliphatic heterocycles. The average molecular weight is 379 g/mol. The molecule has 4 heteroatoms. The highest BCUT2D eigenvalue weighted by Crippen LogP contribution is 2.33. The summed E-state index contributed by atoms with van der Waals surface area (Å²) in [5.74, 6) is 0.0536. The molecule has 3 aromatic rings. The molecule has 0 bridgehead atoms. The number of fused-ring (bicyclic) bond motifs is 1. The minimum Gasteiger partial charge on any atom is -0.308 e. The molecular formula is C20H15BrN2O. The maximum atomic E-state index is 12.8. The van der Waals surface area contributed by atoms with Gasteiger partial charge in [-0.25, -0.2) is 0 Å². The Bertz CT molecular complexity index is 891. The first kappa shape index (κ1) is 15.1. The zero-order valence-electron chi connectivity index (χ0n) is 12.9. The van der Waals surface area contributed by atoms with Crippen molar-refractivity contribution in [3.63, 3.8) is 0 Å². The van der Waals surface area contributed by atoms with Gasteiger partial charge in [-0.15, -0.1) is 0 Å². The Morgan fingerprint density at radius 1 is 0.958 bits per heavy atom. The van der Waals surface area contributed by atoms with Crippen molar-refractivity contribution in [2.45, 2.75) is 6.42 Å². The average Bonchev–Trinajstić information content (AvgIpc) is 3.05. The predicted molar refractivity (Wildman–Crippen MR) is 99.2 cm³/mol. The lowest BCUT2D eigenvalue weighted by Gasteiger charge is -2.18. The van der Waals surface area contributed by atoms with Crippen LogP contribution >= 0.6 is 15.9 Å². The Morgan fingerprint density at radius 2 is 1.71 bits per heavy atom. The van der Waals surface area contributed by atoms with Gasteiger partial charge >= 0.3 is 0 Å². The maximum Gasteiger partial charge on any atom is 0.258 e. The summed E-state index contributed by atoms with van der Waals surface area (Å²) in [7, 11) is 0. The molecular weight excluding hydrogens is 364 g/mol. The minimum atomic E-state index is 0.0536. The van der Waals surface area contributed by atoms with Crippen LogP contribution in [-0.2, 0) is 6.42 Å². The summed E-state index contributed by atoms with van der Waals surface area (Å²) in [5.41, 5.74) is 5.25. The highest BCUT2D eigenvalue weighted by atomic mass is 79.9. The van der Waals surface area contributed by atoms with E-state index in [1.54, 1.807) is 12.4 Å². The molecule has 24 heavy (non-hydrogen) atoms. The van der Waals surface area contributed by atoms with E-state index in [4.69, 9.17) is 0 Å². The molecule has 4 rings (SSSR count). The molecule has 1 amide bonds. The van der Waals surface area contributed by atoms with Crippen LogP contribution in [0, 0.1) is 0 Å². The number of benzene rings is 2. The first-order valence-electron chi connectivity index (χ1n) is 7.83. The number of hydrogen-bond acceptors (Lipinski definition) is 2. The molecule has 3 nitrogen and oxygen atoms in total. The van der Waals surface area contributed by atoms with Crippen molar-refractivity contribution in [3.8, 4) is 11.1 Å². The number of nitrogens with zero attached hydrogens (tertiary/aromatic N) is 2. The SMILES string of the molecule is O=C(c1ccc(Br)cc1)N1CCc2cc(-c3ccncc3)ccc21. The van der Waals surface area contributed by atoms with Crippen molar-refractivity contribution in [3.05, 3.63) is 82.6 Å². The van der Waals surface area contributed by atoms with Gasteiger partial charge < -0.3 is 4.90 Å². The number of hydrogen-bond donors (Lipinski definition) is 0. The van der Waals surface area contributed by atoms with Crippen molar-refractivity contribution in [1.82, 2.24) is 4.98 Å². The van der Waals surface area contributed by atoms with Crippen LogP contribution in [0.5, 0.6) is 0 Å². The molecule has 1 aromatic heterocycles. The molecule has 0 fully saturated rings. The number of aromatic nitrogens is 1. The molecule has 0 unspecified atom stereocenters. The Labute approximate surface area is 149 Å². The van der Waals surface area contributed by atoms with E-state index in [2.05, 4.69) is 39.1 Å². The predicted octanol–water partition coefficient (Wildman–Crippen LogP) is 4.71. The zero-order chi connectivity index (χ0) is 16.5. The molecule has 1 aliphatic rings. The quantitative estimate of drug-likeness (QED) is 0.646. The van der Waals surface area contributed by atoms with Crippen molar-refractivity contribution in [2.24, 2.45) is 0 Å². The summed E-state index contributed by atoms with van der Waals surface area (Å²) >= 11 is 3.40. The van der Waals surface area contributed by atoms with Crippen LogP contribution in [-0.4, -0.2) is 17.4 Å². The van der Waals surface area contributed by atoms with E-state index in [-0.39, 0.29) is 5.91 Å². The molecule has 0 saturated heterocycles. The van der Waals surface area contributed by atoms with Gasteiger partial charge in [-0.05, 0) is 71.6 Å². The molecule has 0 atom stereocenters. The normalized spacial score (nSPS) is 13.0. The summed E-state index contributed by atoms with van der Waals surface area (Å²) in [5, 5.41) is 0. The fourth-order valence-electron chi connectivity index (χ4n) is 3.08. The van der Waals surface area contributed by atoms with Crippen molar-refractivity contribution >= 4 is 27.5 Å². The van der Waals surface area contributed by atoms with Crippen LogP contribution in [0.1, 0.15) is 15.9 Å². The molecule has 0 N–H and O–H groups in total. The number of amides is 1. The molecule has 0 saturated carbocycles. The number of pyridine rings is 1. The van der Waals surface area contributed by atoms with Gasteiger partial charge in [-0.3, -0.25) is 9.78 Å². The van der Waals surface area contributed by atoms with Crippen molar-refractivity contribution in [1.29, 1.82) is 0 Å². The van der Waals surface area contributed by atoms with Crippen LogP contribution in [0.2, 0.25) is 0 Å². The number of anilines is 1. The van der Waals surface area contributed by atoms with Gasteiger partial charge in [0.15, 0.2) is 0 Å². The van der Waals surface area contributed by atoms with Crippen LogP contribution < -0.4 is 4.90 Å². The third-order valence-electron chi connectivity index (χ3n) is 4.33. The van der Waals surface area contributed by atoms with Gasteiger partial charge in [0, 0.05) is 34.7 Å². The van der Waals surface area contributed by atoms with Crippen LogP contribution in [0.15, 0.2) is 71.5 Å². The summed E-state index contributed by atoms with van der Waals surface area (Å²) in [6.45, 7) is 0.726. The number of rotatable bonds is 2. The fourth-order valence-corrected chi connectivity index (χ4v) is 3.35. The van der Waals surface area contributed by atoms with Crippen LogP contribution in [0.3, 0.4) is 0 Å². The van der Waals surface area contributed by atoms with E-state index in [1.165, 1.54) is 5.56 Å². The Balaban J connectivity index is 1.65. The van der Waals surface area contributed by atoms with Crippen molar-refractivity contribution in [2.75, 3.05) is 11.4 Å². The van der Waals surface area contributed by atoms with Gasteiger partial charge in [-0.2, -0.15) is 0 Å². The number of carbonyl (C=O) groups is 1. The molecule has 0 spiro atoms. The van der Waals surface area contributed by atoms with E-state index in [9.17, 15) is 4.79 Å². The van der Waals surface area contributed by atoms with E-state index in [0.717, 1.165) is 34.3 Å². The second kappa shape index (κ2) is 6.21. The summed E-state index contributed by atoms with van der Waals surface area (Å²) < 4.78 is 0.975. The van der Waals surface area contributed by atoms with E-state index >= 15 is 0 Å². The largest absolute Gasteiger partial charge is 0.308 e. The number of halogens is 1. The van der Waals surface area contributed by atoms with Crippen LogP contribution in [0.25, 0.3) is 11.1 Å². The summed E-state index contributed by atoms with van der Waals surface area (Å²) in [6, 6.07) is 17.8. The van der Waals surface area contributed by atoms with Gasteiger partial charge in [0.25, 0.3) is 5.91 Å².